The maximum atomic E-state index is 4.87. The zero-order valence-corrected chi connectivity index (χ0v) is 20.4. The van der Waals surface area contributed by atoms with Crippen molar-refractivity contribution in [3.05, 3.63) is 0 Å². The molecule has 1 aliphatic carbocycles. The zero-order valence-electron chi connectivity index (χ0n) is 15.9. The van der Waals surface area contributed by atoms with Crippen LogP contribution in [0.25, 0.3) is 0 Å². The summed E-state index contributed by atoms with van der Waals surface area (Å²) in [6.07, 6.45) is 11.8. The summed E-state index contributed by atoms with van der Waals surface area (Å²) in [7, 11) is 0. The fourth-order valence-corrected chi connectivity index (χ4v) is 6.52. The van der Waals surface area contributed by atoms with Gasteiger partial charge in [-0.05, 0) is 110 Å². The minimum Gasteiger partial charge on any atom is -0.179 e. The SMILES string of the molecule is CC(S)C1CC(CCS)CC(CCS)CC(CCS)CC(CCS)C1. The first-order valence-corrected chi connectivity index (χ1v) is 13.2. The van der Waals surface area contributed by atoms with Crippen LogP contribution in [-0.2, 0) is 0 Å². The summed E-state index contributed by atoms with van der Waals surface area (Å²) in [5, 5.41) is 0.482. The van der Waals surface area contributed by atoms with Crippen LogP contribution >= 0.6 is 63.1 Å². The van der Waals surface area contributed by atoms with E-state index in [-0.39, 0.29) is 0 Å². The summed E-state index contributed by atoms with van der Waals surface area (Å²) in [4.78, 5) is 0. The van der Waals surface area contributed by atoms with Crippen molar-refractivity contribution in [3.63, 3.8) is 0 Å². The molecule has 0 aromatic carbocycles. The first kappa shape index (κ1) is 24.8. The average Bonchev–Trinajstić information content (AvgIpc) is 2.54. The van der Waals surface area contributed by atoms with Crippen molar-refractivity contribution in [1.82, 2.24) is 0 Å². The van der Waals surface area contributed by atoms with E-state index in [9.17, 15) is 0 Å². The highest BCUT2D eigenvalue weighted by molar-refractivity contribution is 7.81. The predicted molar refractivity (Wildman–Crippen MR) is 133 cm³/mol. The van der Waals surface area contributed by atoms with Crippen molar-refractivity contribution < 1.29 is 0 Å². The standard InChI is InChI=1S/C20H40S5/c1-15(25)20-13-18(4-8-23)11-16(2-6-21)10-17(3-7-22)12-19(14-20)5-9-24/h15-25H,2-14H2,1H3. The zero-order chi connectivity index (χ0) is 18.7. The molecule has 0 aromatic heterocycles. The first-order chi connectivity index (χ1) is 12.0. The lowest BCUT2D eigenvalue weighted by atomic mass is 9.72. The summed E-state index contributed by atoms with van der Waals surface area (Å²) < 4.78 is 0. The molecule has 5 unspecified atom stereocenters. The van der Waals surface area contributed by atoms with Crippen molar-refractivity contribution in [3.8, 4) is 0 Å². The molecule has 1 saturated carbocycles. The van der Waals surface area contributed by atoms with E-state index < -0.39 is 0 Å². The van der Waals surface area contributed by atoms with Gasteiger partial charge in [-0.3, -0.25) is 0 Å². The van der Waals surface area contributed by atoms with E-state index in [0.717, 1.165) is 52.6 Å². The first-order valence-electron chi connectivity index (χ1n) is 10.1. The molecule has 5 atom stereocenters. The van der Waals surface area contributed by atoms with Gasteiger partial charge < -0.3 is 0 Å². The van der Waals surface area contributed by atoms with Crippen LogP contribution in [0.2, 0.25) is 0 Å². The van der Waals surface area contributed by atoms with Crippen LogP contribution in [0.3, 0.4) is 0 Å². The average molecular weight is 441 g/mol. The maximum Gasteiger partial charge on any atom is 0.00169 e. The summed E-state index contributed by atoms with van der Waals surface area (Å²) in [6.45, 7) is 2.30. The van der Waals surface area contributed by atoms with Crippen LogP contribution in [0, 0.1) is 29.6 Å². The summed E-state index contributed by atoms with van der Waals surface area (Å²) in [5.74, 6) is 8.00. The predicted octanol–water partition coefficient (Wildman–Crippen LogP) is 6.63. The molecule has 1 aliphatic rings. The lowest BCUT2D eigenvalue weighted by molar-refractivity contribution is 0.187. The molecule has 0 spiro atoms. The van der Waals surface area contributed by atoms with Gasteiger partial charge in [0.2, 0.25) is 0 Å². The summed E-state index contributed by atoms with van der Waals surface area (Å²) in [5.41, 5.74) is 0. The molecule has 0 saturated heterocycles. The second-order valence-electron chi connectivity index (χ2n) is 8.19. The van der Waals surface area contributed by atoms with Gasteiger partial charge in [0.25, 0.3) is 0 Å². The Kier molecular flexibility index (Phi) is 14.6. The Bertz CT molecular complexity index is 297. The molecular weight excluding hydrogens is 401 g/mol. The minimum absolute atomic E-state index is 0.482. The molecule has 0 N–H and O–H groups in total. The topological polar surface area (TPSA) is 0 Å². The smallest absolute Gasteiger partial charge is 0.00169 e. The molecule has 1 rings (SSSR count). The van der Waals surface area contributed by atoms with Gasteiger partial charge in [-0.2, -0.15) is 63.1 Å². The second-order valence-corrected chi connectivity index (χ2v) is 10.8. The van der Waals surface area contributed by atoms with Crippen LogP contribution in [-0.4, -0.2) is 28.3 Å². The van der Waals surface area contributed by atoms with Crippen molar-refractivity contribution in [1.29, 1.82) is 0 Å². The lowest BCUT2D eigenvalue weighted by Gasteiger charge is -2.36. The Labute approximate surface area is 184 Å². The molecular formula is C20H40S5. The molecule has 0 aliphatic heterocycles. The van der Waals surface area contributed by atoms with Gasteiger partial charge in [-0.25, -0.2) is 0 Å². The summed E-state index contributed by atoms with van der Waals surface area (Å²) in [6, 6.07) is 0. The molecule has 5 heteroatoms. The quantitative estimate of drug-likeness (QED) is 0.244. The molecule has 0 radical (unpaired) electrons. The molecule has 1 fully saturated rings. The minimum atomic E-state index is 0.482. The van der Waals surface area contributed by atoms with Crippen molar-refractivity contribution in [2.75, 3.05) is 23.0 Å². The van der Waals surface area contributed by atoms with Crippen LogP contribution in [0.4, 0.5) is 0 Å². The third-order valence-corrected chi connectivity index (χ3v) is 7.56. The van der Waals surface area contributed by atoms with Gasteiger partial charge in [-0.1, -0.05) is 6.92 Å². The van der Waals surface area contributed by atoms with Crippen LogP contribution < -0.4 is 0 Å². The Hall–Kier alpha value is 1.75. The largest absolute Gasteiger partial charge is 0.179 e. The van der Waals surface area contributed by atoms with Gasteiger partial charge in [0, 0.05) is 5.25 Å². The molecule has 25 heavy (non-hydrogen) atoms. The third-order valence-electron chi connectivity index (χ3n) is 6.10. The Morgan fingerprint density at radius 1 is 0.600 bits per heavy atom. The Morgan fingerprint density at radius 3 is 1.12 bits per heavy atom. The van der Waals surface area contributed by atoms with E-state index in [1.165, 1.54) is 57.8 Å². The van der Waals surface area contributed by atoms with Gasteiger partial charge in [0.1, 0.15) is 0 Å². The molecule has 0 bridgehead atoms. The highest BCUT2D eigenvalue weighted by atomic mass is 32.1. The fourth-order valence-electron chi connectivity index (χ4n) is 4.82. The van der Waals surface area contributed by atoms with E-state index in [1.54, 1.807) is 0 Å². The highest BCUT2D eigenvalue weighted by Gasteiger charge is 2.29. The third kappa shape index (κ3) is 10.2. The molecule has 150 valence electrons. The van der Waals surface area contributed by atoms with Crippen molar-refractivity contribution in [2.45, 2.75) is 70.0 Å². The number of thiol groups is 5. The molecule has 0 heterocycles. The number of rotatable bonds is 9. The van der Waals surface area contributed by atoms with Crippen molar-refractivity contribution >= 4 is 63.1 Å². The van der Waals surface area contributed by atoms with E-state index in [0.29, 0.717) is 5.25 Å². The van der Waals surface area contributed by atoms with Gasteiger partial charge in [-0.15, -0.1) is 0 Å². The Morgan fingerprint density at radius 2 is 0.880 bits per heavy atom. The van der Waals surface area contributed by atoms with E-state index in [4.69, 9.17) is 12.6 Å². The highest BCUT2D eigenvalue weighted by Crippen LogP contribution is 2.40. The molecule has 0 aromatic rings. The van der Waals surface area contributed by atoms with E-state index in [2.05, 4.69) is 57.4 Å². The van der Waals surface area contributed by atoms with Crippen LogP contribution in [0.15, 0.2) is 0 Å². The van der Waals surface area contributed by atoms with E-state index >= 15 is 0 Å². The lowest BCUT2D eigenvalue weighted by Crippen LogP contribution is -2.26. The molecule has 0 amide bonds. The van der Waals surface area contributed by atoms with Gasteiger partial charge in [0.15, 0.2) is 0 Å². The van der Waals surface area contributed by atoms with Crippen LogP contribution in [0.1, 0.15) is 64.7 Å². The monoisotopic (exact) mass is 440 g/mol. The normalized spacial score (nSPS) is 33.1. The fraction of sp³-hybridized carbons (Fsp3) is 1.00. The second kappa shape index (κ2) is 14.7. The molecule has 0 nitrogen and oxygen atoms in total. The Balaban J connectivity index is 2.98. The maximum absolute atomic E-state index is 4.87. The van der Waals surface area contributed by atoms with Gasteiger partial charge >= 0.3 is 0 Å². The van der Waals surface area contributed by atoms with Gasteiger partial charge in [0.05, 0.1) is 0 Å². The van der Waals surface area contributed by atoms with E-state index in [1.807, 2.05) is 0 Å². The van der Waals surface area contributed by atoms with Crippen molar-refractivity contribution in [2.24, 2.45) is 29.6 Å². The number of hydrogen-bond acceptors (Lipinski definition) is 5. The number of hydrogen-bond donors (Lipinski definition) is 5. The summed E-state index contributed by atoms with van der Waals surface area (Å²) >= 11 is 23.1. The van der Waals surface area contributed by atoms with Crippen LogP contribution in [0.5, 0.6) is 0 Å².